The van der Waals surface area contributed by atoms with Crippen molar-refractivity contribution < 1.29 is 14.3 Å². The zero-order valence-corrected chi connectivity index (χ0v) is 22.8. The maximum absolute atomic E-state index is 13.5. The Morgan fingerprint density at radius 3 is 2.71 bits per heavy atom. The lowest BCUT2D eigenvalue weighted by atomic mass is 9.88. The summed E-state index contributed by atoms with van der Waals surface area (Å²) in [5.74, 6) is 0.620. The van der Waals surface area contributed by atoms with Crippen molar-refractivity contribution in [2.45, 2.75) is 38.0 Å². The lowest BCUT2D eigenvalue weighted by Crippen LogP contribution is -2.25. The minimum Gasteiger partial charge on any atom is -0.493 e. The van der Waals surface area contributed by atoms with E-state index in [1.54, 1.807) is 12.1 Å². The first-order valence-corrected chi connectivity index (χ1v) is 13.0. The van der Waals surface area contributed by atoms with Gasteiger partial charge in [-0.15, -0.1) is 0 Å². The maximum Gasteiger partial charge on any atom is 0.282 e. The molecule has 3 aromatic rings. The lowest BCUT2D eigenvalue weighted by Gasteiger charge is -2.22. The first-order valence-electron chi connectivity index (χ1n) is 11.0. The average Bonchev–Trinajstić information content (AvgIpc) is 2.85. The topological polar surface area (TPSA) is 109 Å². The van der Waals surface area contributed by atoms with E-state index in [4.69, 9.17) is 31.8 Å². The highest BCUT2D eigenvalue weighted by Gasteiger charge is 2.23. The van der Waals surface area contributed by atoms with Gasteiger partial charge in [0, 0.05) is 20.4 Å². The predicted octanol–water partition coefficient (Wildman–Crippen LogP) is 5.38. The number of hydrogen-bond acceptors (Lipinski definition) is 6. The number of hydrogen-bond donors (Lipinski definition) is 1. The second kappa shape index (κ2) is 11.1. The number of amides is 1. The van der Waals surface area contributed by atoms with E-state index in [-0.39, 0.29) is 28.9 Å². The fraction of sp³-hybridized carbons (Fsp3) is 0.333. The van der Waals surface area contributed by atoms with Gasteiger partial charge in [-0.05, 0) is 53.0 Å². The number of halogens is 3. The van der Waals surface area contributed by atoms with Crippen molar-refractivity contribution in [3.05, 3.63) is 60.0 Å². The van der Waals surface area contributed by atoms with Gasteiger partial charge in [-0.2, -0.15) is 9.78 Å². The largest absolute Gasteiger partial charge is 0.493 e. The molecule has 1 heterocycles. The number of nitrogens with two attached hydrogens (primary N) is 1. The molecule has 8 nitrogen and oxygen atoms in total. The van der Waals surface area contributed by atoms with Gasteiger partial charge >= 0.3 is 0 Å². The molecule has 2 aromatic carbocycles. The molecule has 1 amide bonds. The Morgan fingerprint density at radius 1 is 1.29 bits per heavy atom. The molecule has 1 aliphatic carbocycles. The van der Waals surface area contributed by atoms with Crippen LogP contribution in [0.3, 0.4) is 0 Å². The third-order valence-electron chi connectivity index (χ3n) is 5.85. The quantitative estimate of drug-likeness (QED) is 0.355. The van der Waals surface area contributed by atoms with Gasteiger partial charge in [0.25, 0.3) is 11.5 Å². The summed E-state index contributed by atoms with van der Waals surface area (Å²) in [5.41, 5.74) is 6.13. The number of aromatic nitrogens is 2. The van der Waals surface area contributed by atoms with Crippen LogP contribution in [0.5, 0.6) is 11.5 Å². The van der Waals surface area contributed by atoms with Crippen LogP contribution in [0.2, 0.25) is 5.02 Å². The molecular weight excluding hydrogens is 604 g/mol. The van der Waals surface area contributed by atoms with Gasteiger partial charge in [0.15, 0.2) is 18.1 Å². The zero-order valence-electron chi connectivity index (χ0n) is 18.9. The summed E-state index contributed by atoms with van der Waals surface area (Å²) < 4.78 is 13.4. The Kier molecular flexibility index (Phi) is 8.13. The monoisotopic (exact) mass is 624 g/mol. The maximum atomic E-state index is 13.5. The van der Waals surface area contributed by atoms with E-state index in [0.717, 1.165) is 30.2 Å². The second-order valence-corrected chi connectivity index (χ2v) is 10.3. The van der Waals surface area contributed by atoms with Gasteiger partial charge in [0.05, 0.1) is 24.2 Å². The molecule has 1 saturated carbocycles. The molecule has 11 heteroatoms. The molecule has 1 fully saturated rings. The van der Waals surface area contributed by atoms with Crippen LogP contribution >= 0.6 is 43.5 Å². The van der Waals surface area contributed by atoms with Crippen molar-refractivity contribution in [3.8, 4) is 11.5 Å². The number of carbonyl (C=O) groups excluding carboxylic acids is 1. The van der Waals surface area contributed by atoms with Gasteiger partial charge in [-0.25, -0.2) is 4.98 Å². The smallest absolute Gasteiger partial charge is 0.282 e. The predicted molar refractivity (Wildman–Crippen MR) is 143 cm³/mol. The number of carbonyl (C=O) groups is 1. The number of nitrogens with zero attached hydrogens (tertiary/aromatic N) is 3. The van der Waals surface area contributed by atoms with Gasteiger partial charge in [-0.3, -0.25) is 9.59 Å². The fourth-order valence-electron chi connectivity index (χ4n) is 4.15. The first kappa shape index (κ1) is 25.7. The fourth-order valence-corrected chi connectivity index (χ4v) is 5.17. The van der Waals surface area contributed by atoms with Gasteiger partial charge in [0.1, 0.15) is 10.8 Å². The van der Waals surface area contributed by atoms with Crippen LogP contribution in [0.15, 0.2) is 43.1 Å². The van der Waals surface area contributed by atoms with E-state index in [0.29, 0.717) is 32.5 Å². The van der Waals surface area contributed by atoms with Crippen molar-refractivity contribution in [2.24, 2.45) is 10.8 Å². The molecular formula is C24H23Br2ClN4O4. The van der Waals surface area contributed by atoms with Crippen LogP contribution in [0, 0.1) is 0 Å². The Bertz CT molecular complexity index is 1370. The summed E-state index contributed by atoms with van der Waals surface area (Å²) in [5, 5.41) is 5.22. The molecule has 0 atom stereocenters. The number of ether oxygens (including phenoxy) is 2. The van der Waals surface area contributed by atoms with Crippen LogP contribution in [-0.2, 0) is 4.79 Å². The minimum absolute atomic E-state index is 0.146. The standard InChI is InChI=1S/C24H23Br2ClN4O4/c1-34-18-9-14(20(26)21(27)22(18)35-12-19(28)32)11-29-31-23(13-5-3-2-4-6-13)30-17-8-7-15(25)10-16(17)24(31)33/h7-11,13H,2-6,12H2,1H3,(H2,28,32). The van der Waals surface area contributed by atoms with Gasteiger partial charge < -0.3 is 15.2 Å². The molecule has 0 saturated heterocycles. The average molecular weight is 627 g/mol. The molecule has 0 spiro atoms. The Hall–Kier alpha value is -2.43. The van der Waals surface area contributed by atoms with E-state index in [2.05, 4.69) is 37.0 Å². The van der Waals surface area contributed by atoms with Crippen molar-refractivity contribution >= 4 is 66.5 Å². The van der Waals surface area contributed by atoms with Crippen LogP contribution < -0.4 is 20.8 Å². The molecule has 1 aliphatic rings. The third-order valence-corrected chi connectivity index (χ3v) is 7.79. The summed E-state index contributed by atoms with van der Waals surface area (Å²) >= 11 is 13.4. The Morgan fingerprint density at radius 2 is 2.03 bits per heavy atom. The van der Waals surface area contributed by atoms with Gasteiger partial charge in [0.2, 0.25) is 0 Å². The summed E-state index contributed by atoms with van der Waals surface area (Å²) in [6.07, 6.45) is 6.80. The van der Waals surface area contributed by atoms with E-state index in [9.17, 15) is 9.59 Å². The van der Waals surface area contributed by atoms with E-state index in [1.165, 1.54) is 24.4 Å². The SMILES string of the molecule is COc1cc(C=Nn2c(C3CCCCC3)nc3ccc(Br)cc3c2=O)c(Br)c(Cl)c1OCC(N)=O. The highest BCUT2D eigenvalue weighted by molar-refractivity contribution is 9.10. The van der Waals surface area contributed by atoms with E-state index in [1.807, 2.05) is 12.1 Å². The van der Waals surface area contributed by atoms with Crippen LogP contribution in [-0.4, -0.2) is 35.5 Å². The van der Waals surface area contributed by atoms with Crippen molar-refractivity contribution in [1.82, 2.24) is 9.66 Å². The second-order valence-electron chi connectivity index (χ2n) is 8.21. The summed E-state index contributed by atoms with van der Waals surface area (Å²) in [6, 6.07) is 7.11. The number of primary amides is 1. The molecule has 0 radical (unpaired) electrons. The van der Waals surface area contributed by atoms with Crippen molar-refractivity contribution in [3.63, 3.8) is 0 Å². The third kappa shape index (κ3) is 5.54. The molecule has 184 valence electrons. The summed E-state index contributed by atoms with van der Waals surface area (Å²) in [4.78, 5) is 29.5. The molecule has 35 heavy (non-hydrogen) atoms. The molecule has 0 bridgehead atoms. The molecule has 0 unspecified atom stereocenters. The number of benzene rings is 2. The van der Waals surface area contributed by atoms with Crippen LogP contribution in [0.25, 0.3) is 10.9 Å². The summed E-state index contributed by atoms with van der Waals surface area (Å²) in [6.45, 7) is -0.353. The normalized spacial score (nSPS) is 14.5. The molecule has 4 rings (SSSR count). The van der Waals surface area contributed by atoms with E-state index < -0.39 is 5.91 Å². The number of methoxy groups -OCH3 is 1. The Labute approximate surface area is 223 Å². The molecule has 1 aromatic heterocycles. The number of rotatable bonds is 7. The summed E-state index contributed by atoms with van der Waals surface area (Å²) in [7, 11) is 1.45. The molecule has 2 N–H and O–H groups in total. The Balaban J connectivity index is 1.82. The highest BCUT2D eigenvalue weighted by atomic mass is 79.9. The number of fused-ring (bicyclic) bond motifs is 1. The zero-order chi connectivity index (χ0) is 25.1. The van der Waals surface area contributed by atoms with E-state index >= 15 is 0 Å². The lowest BCUT2D eigenvalue weighted by molar-refractivity contribution is -0.119. The highest BCUT2D eigenvalue weighted by Crippen LogP contribution is 2.42. The van der Waals surface area contributed by atoms with Gasteiger partial charge in [-0.1, -0.05) is 46.8 Å². The first-order chi connectivity index (χ1) is 16.8. The van der Waals surface area contributed by atoms with Crippen LogP contribution in [0.1, 0.15) is 49.4 Å². The van der Waals surface area contributed by atoms with Crippen molar-refractivity contribution in [1.29, 1.82) is 0 Å². The van der Waals surface area contributed by atoms with Crippen LogP contribution in [0.4, 0.5) is 0 Å². The minimum atomic E-state index is -0.644. The molecule has 0 aliphatic heterocycles. The van der Waals surface area contributed by atoms with Crippen molar-refractivity contribution in [2.75, 3.05) is 13.7 Å².